The fourth-order valence-electron chi connectivity index (χ4n) is 2.23. The summed E-state index contributed by atoms with van der Waals surface area (Å²) in [5, 5.41) is 5.22. The quantitative estimate of drug-likeness (QED) is 0.867. The van der Waals surface area contributed by atoms with Gasteiger partial charge >= 0.3 is 6.29 Å². The largest absolute Gasteiger partial charge is 0.586 e. The fourth-order valence-corrected chi connectivity index (χ4v) is 2.23. The van der Waals surface area contributed by atoms with Crippen LogP contribution in [0.5, 0.6) is 11.5 Å². The van der Waals surface area contributed by atoms with Crippen LogP contribution >= 0.6 is 0 Å². The Kier molecular flexibility index (Phi) is 3.15. The molecule has 2 amide bonds. The molecule has 0 radical (unpaired) electrons. The zero-order chi connectivity index (χ0) is 15.0. The molecule has 1 unspecified atom stereocenters. The fraction of sp³-hybridized carbons (Fsp3) is 0.385. The van der Waals surface area contributed by atoms with E-state index in [1.165, 1.54) is 18.2 Å². The zero-order valence-corrected chi connectivity index (χ0v) is 10.8. The molecule has 1 aromatic rings. The first kappa shape index (κ1) is 13.6. The van der Waals surface area contributed by atoms with Gasteiger partial charge in [0, 0.05) is 24.7 Å². The van der Waals surface area contributed by atoms with Gasteiger partial charge in [-0.3, -0.25) is 9.59 Å². The highest BCUT2D eigenvalue weighted by atomic mass is 19.3. The van der Waals surface area contributed by atoms with Crippen molar-refractivity contribution in [2.24, 2.45) is 5.92 Å². The number of anilines is 1. The van der Waals surface area contributed by atoms with Crippen molar-refractivity contribution in [3.05, 3.63) is 18.2 Å². The van der Waals surface area contributed by atoms with E-state index in [1.54, 1.807) is 0 Å². The second kappa shape index (κ2) is 4.87. The summed E-state index contributed by atoms with van der Waals surface area (Å²) in [4.78, 5) is 23.1. The van der Waals surface area contributed by atoms with E-state index in [1.807, 2.05) is 0 Å². The summed E-state index contributed by atoms with van der Waals surface area (Å²) in [6, 6.07) is 4.02. The topological polar surface area (TPSA) is 76.7 Å². The number of hydrogen-bond acceptors (Lipinski definition) is 4. The van der Waals surface area contributed by atoms with Crippen LogP contribution in [0.25, 0.3) is 0 Å². The Bertz CT molecular complexity index is 596. The molecule has 2 aliphatic rings. The van der Waals surface area contributed by atoms with Gasteiger partial charge in [0.1, 0.15) is 0 Å². The lowest BCUT2D eigenvalue weighted by molar-refractivity contribution is -0.286. The third-order valence-corrected chi connectivity index (χ3v) is 3.31. The van der Waals surface area contributed by atoms with Gasteiger partial charge in [-0.2, -0.15) is 0 Å². The molecule has 2 N–H and O–H groups in total. The maximum Gasteiger partial charge on any atom is 0.586 e. The summed E-state index contributed by atoms with van der Waals surface area (Å²) in [6.07, 6.45) is -2.93. The standard InChI is InChI=1S/C13H12F2N2O4/c14-13(15)20-9-3-2-8(5-10(9)21-13)17-12(19)7-1-4-11(18)16-6-7/h2-3,5,7H,1,4,6H2,(H,16,18)(H,17,19). The predicted molar refractivity (Wildman–Crippen MR) is 67.0 cm³/mol. The number of ether oxygens (including phenoxy) is 2. The Morgan fingerprint density at radius 2 is 2.10 bits per heavy atom. The Morgan fingerprint density at radius 3 is 2.81 bits per heavy atom. The van der Waals surface area contributed by atoms with Crippen LogP contribution in [0, 0.1) is 5.92 Å². The molecule has 6 nitrogen and oxygen atoms in total. The summed E-state index contributed by atoms with van der Waals surface area (Å²) in [6.45, 7) is 0.271. The number of benzene rings is 1. The van der Waals surface area contributed by atoms with E-state index < -0.39 is 6.29 Å². The van der Waals surface area contributed by atoms with E-state index >= 15 is 0 Å². The van der Waals surface area contributed by atoms with Crippen LogP contribution in [0.1, 0.15) is 12.8 Å². The number of halogens is 2. The molecule has 1 saturated heterocycles. The molecular formula is C13H12F2N2O4. The van der Waals surface area contributed by atoms with Gasteiger partial charge in [0.15, 0.2) is 11.5 Å². The first-order valence-electron chi connectivity index (χ1n) is 6.40. The van der Waals surface area contributed by atoms with Crippen molar-refractivity contribution >= 4 is 17.5 Å². The molecule has 1 aromatic carbocycles. The minimum absolute atomic E-state index is 0.0793. The first-order valence-corrected chi connectivity index (χ1v) is 6.40. The van der Waals surface area contributed by atoms with E-state index in [0.717, 1.165) is 0 Å². The summed E-state index contributed by atoms with van der Waals surface area (Å²) in [5.74, 6) is -0.905. The van der Waals surface area contributed by atoms with Crippen molar-refractivity contribution in [3.63, 3.8) is 0 Å². The maximum atomic E-state index is 12.9. The Balaban J connectivity index is 1.66. The molecule has 112 valence electrons. The van der Waals surface area contributed by atoms with E-state index in [2.05, 4.69) is 20.1 Å². The van der Waals surface area contributed by atoms with Gasteiger partial charge in [-0.1, -0.05) is 0 Å². The van der Waals surface area contributed by atoms with Crippen LogP contribution in [-0.2, 0) is 9.59 Å². The summed E-state index contributed by atoms with van der Waals surface area (Å²) >= 11 is 0. The molecule has 0 spiro atoms. The number of fused-ring (bicyclic) bond motifs is 1. The lowest BCUT2D eigenvalue weighted by atomic mass is 9.98. The molecule has 0 aliphatic carbocycles. The number of alkyl halides is 2. The molecule has 21 heavy (non-hydrogen) atoms. The molecule has 2 aliphatic heterocycles. The number of hydrogen-bond donors (Lipinski definition) is 2. The minimum atomic E-state index is -3.68. The molecule has 2 heterocycles. The number of carbonyl (C=O) groups excluding carboxylic acids is 2. The molecular weight excluding hydrogens is 286 g/mol. The van der Waals surface area contributed by atoms with E-state index in [-0.39, 0.29) is 35.8 Å². The van der Waals surface area contributed by atoms with Gasteiger partial charge in [0.25, 0.3) is 0 Å². The minimum Gasteiger partial charge on any atom is -0.395 e. The van der Waals surface area contributed by atoms with Crippen LogP contribution in [0.3, 0.4) is 0 Å². The van der Waals surface area contributed by atoms with Crippen LogP contribution in [-0.4, -0.2) is 24.7 Å². The molecule has 0 bridgehead atoms. The molecule has 0 aromatic heterocycles. The average Bonchev–Trinajstić information content (AvgIpc) is 2.72. The van der Waals surface area contributed by atoms with Crippen molar-refractivity contribution in [2.45, 2.75) is 19.1 Å². The summed E-state index contributed by atoms with van der Waals surface area (Å²) < 4.78 is 34.4. The van der Waals surface area contributed by atoms with Crippen molar-refractivity contribution in [3.8, 4) is 11.5 Å². The van der Waals surface area contributed by atoms with Crippen molar-refractivity contribution in [1.82, 2.24) is 5.32 Å². The Hall–Kier alpha value is -2.38. The lowest BCUT2D eigenvalue weighted by Crippen LogP contribution is -2.40. The summed E-state index contributed by atoms with van der Waals surface area (Å²) in [7, 11) is 0. The number of carbonyl (C=O) groups is 2. The lowest BCUT2D eigenvalue weighted by Gasteiger charge is -2.21. The molecule has 8 heteroatoms. The highest BCUT2D eigenvalue weighted by Crippen LogP contribution is 2.42. The SMILES string of the molecule is O=C1CCC(C(=O)Nc2ccc3c(c2)OC(F)(F)O3)CN1. The van der Waals surface area contributed by atoms with Crippen molar-refractivity contribution in [2.75, 3.05) is 11.9 Å². The van der Waals surface area contributed by atoms with Gasteiger partial charge in [-0.25, -0.2) is 0 Å². The van der Waals surface area contributed by atoms with Crippen LogP contribution in [0.4, 0.5) is 14.5 Å². The zero-order valence-electron chi connectivity index (χ0n) is 10.8. The highest BCUT2D eigenvalue weighted by Gasteiger charge is 2.43. The predicted octanol–water partition coefficient (Wildman–Crippen LogP) is 1.47. The number of rotatable bonds is 2. The van der Waals surface area contributed by atoms with Crippen LogP contribution < -0.4 is 20.1 Å². The van der Waals surface area contributed by atoms with Crippen LogP contribution in [0.2, 0.25) is 0 Å². The number of piperidine rings is 1. The van der Waals surface area contributed by atoms with Crippen LogP contribution in [0.15, 0.2) is 18.2 Å². The maximum absolute atomic E-state index is 12.9. The number of nitrogens with one attached hydrogen (secondary N) is 2. The molecule has 0 saturated carbocycles. The Labute approximate surface area is 118 Å². The Morgan fingerprint density at radius 1 is 1.33 bits per heavy atom. The van der Waals surface area contributed by atoms with Crippen molar-refractivity contribution in [1.29, 1.82) is 0 Å². The highest BCUT2D eigenvalue weighted by molar-refractivity contribution is 5.94. The summed E-state index contributed by atoms with van der Waals surface area (Å²) in [5.41, 5.74) is 0.331. The van der Waals surface area contributed by atoms with Crippen molar-refractivity contribution < 1.29 is 27.8 Å². The average molecular weight is 298 g/mol. The molecule has 1 fully saturated rings. The van der Waals surface area contributed by atoms with E-state index in [0.29, 0.717) is 18.5 Å². The van der Waals surface area contributed by atoms with Gasteiger partial charge in [0.2, 0.25) is 11.8 Å². The van der Waals surface area contributed by atoms with E-state index in [4.69, 9.17) is 0 Å². The third-order valence-electron chi connectivity index (χ3n) is 3.31. The van der Waals surface area contributed by atoms with E-state index in [9.17, 15) is 18.4 Å². The monoisotopic (exact) mass is 298 g/mol. The second-order valence-electron chi connectivity index (χ2n) is 4.86. The third kappa shape index (κ3) is 2.88. The van der Waals surface area contributed by atoms with Gasteiger partial charge in [0.05, 0.1) is 5.92 Å². The smallest absolute Gasteiger partial charge is 0.395 e. The molecule has 3 rings (SSSR count). The second-order valence-corrected chi connectivity index (χ2v) is 4.86. The van der Waals surface area contributed by atoms with Gasteiger partial charge in [-0.15, -0.1) is 8.78 Å². The number of amides is 2. The first-order chi connectivity index (χ1) is 9.93. The van der Waals surface area contributed by atoms with Gasteiger partial charge in [-0.05, 0) is 18.6 Å². The molecule has 1 atom stereocenters. The normalized spacial score (nSPS) is 22.6. The van der Waals surface area contributed by atoms with Gasteiger partial charge < -0.3 is 20.1 Å².